The molecule has 9 heteroatoms. The van der Waals surface area contributed by atoms with Gasteiger partial charge in [0, 0.05) is 11.3 Å². The number of methoxy groups -OCH3 is 1. The second-order valence-corrected chi connectivity index (χ2v) is 6.77. The molecule has 9 nitrogen and oxygen atoms in total. The number of anilines is 1. The van der Waals surface area contributed by atoms with Crippen LogP contribution in [0.5, 0.6) is 5.75 Å². The van der Waals surface area contributed by atoms with Gasteiger partial charge in [0.05, 0.1) is 29.3 Å². The van der Waals surface area contributed by atoms with E-state index in [-0.39, 0.29) is 16.7 Å². The van der Waals surface area contributed by atoms with Crippen molar-refractivity contribution >= 4 is 34.3 Å². The van der Waals surface area contributed by atoms with E-state index in [0.717, 1.165) is 5.75 Å². The first-order valence-corrected chi connectivity index (χ1v) is 9.18. The van der Waals surface area contributed by atoms with Gasteiger partial charge < -0.3 is 10.1 Å². The first-order valence-electron chi connectivity index (χ1n) is 9.18. The Morgan fingerprint density at radius 2 is 1.80 bits per heavy atom. The molecule has 0 saturated heterocycles. The van der Waals surface area contributed by atoms with E-state index in [9.17, 15) is 9.59 Å². The molecule has 4 aromatic rings. The van der Waals surface area contributed by atoms with Crippen molar-refractivity contribution in [3.05, 3.63) is 75.4 Å². The zero-order chi connectivity index (χ0) is 20.8. The number of aromatic nitrogens is 3. The summed E-state index contributed by atoms with van der Waals surface area (Å²) in [6.07, 6.45) is 0. The smallest absolute Gasteiger partial charge is 0.274 e. The number of amides is 1. The Morgan fingerprint density at radius 3 is 2.57 bits per heavy atom. The lowest BCUT2D eigenvalue weighted by Crippen LogP contribution is -2.27. The third kappa shape index (κ3) is 2.67. The van der Waals surface area contributed by atoms with Crippen LogP contribution < -0.4 is 20.8 Å². The van der Waals surface area contributed by atoms with Gasteiger partial charge in [-0.2, -0.15) is 0 Å². The van der Waals surface area contributed by atoms with E-state index in [2.05, 4.69) is 25.6 Å². The zero-order valence-corrected chi connectivity index (χ0v) is 16.1. The van der Waals surface area contributed by atoms with Crippen LogP contribution in [-0.4, -0.2) is 27.6 Å². The minimum Gasteiger partial charge on any atom is -0.497 e. The quantitative estimate of drug-likeness (QED) is 0.515. The number of nitrogens with one attached hydrogen (secondary N) is 2. The Morgan fingerprint density at radius 1 is 1.03 bits per heavy atom. The number of aromatic amines is 1. The van der Waals surface area contributed by atoms with Crippen LogP contribution in [0.3, 0.4) is 0 Å². The van der Waals surface area contributed by atoms with Crippen molar-refractivity contribution in [3.63, 3.8) is 0 Å². The van der Waals surface area contributed by atoms with E-state index in [1.54, 1.807) is 50.4 Å². The number of carbonyl (C=O) groups is 1. The van der Waals surface area contributed by atoms with Crippen LogP contribution in [0.4, 0.5) is 17.2 Å². The molecule has 0 unspecified atom stereocenters. The number of hydrogen-bond acceptors (Lipinski definition) is 6. The minimum absolute atomic E-state index is 0.214. The number of fused-ring (bicyclic) bond motifs is 2. The molecule has 30 heavy (non-hydrogen) atoms. The average molecular weight is 400 g/mol. The maximum absolute atomic E-state index is 12.7. The van der Waals surface area contributed by atoms with Crippen LogP contribution in [-0.2, 0) is 4.79 Å². The largest absolute Gasteiger partial charge is 0.497 e. The number of azo groups is 1. The number of hydrogen-bond donors (Lipinski definition) is 2. The van der Waals surface area contributed by atoms with Crippen LogP contribution >= 0.6 is 0 Å². The molecule has 2 N–H and O–H groups in total. The van der Waals surface area contributed by atoms with Crippen molar-refractivity contribution in [3.8, 4) is 5.75 Å². The number of aryl methyl sites for hydroxylation is 1. The number of imidazole rings is 1. The van der Waals surface area contributed by atoms with Gasteiger partial charge in [-0.3, -0.25) is 14.7 Å². The van der Waals surface area contributed by atoms with Gasteiger partial charge >= 0.3 is 0 Å². The minimum atomic E-state index is -0.388. The Bertz CT molecular complexity index is 1450. The third-order valence-electron chi connectivity index (χ3n) is 5.00. The SMILES string of the molecule is COc1ccc(N=Nc2nc3/c(=C4\C(=O)Nc5ccccc54)c(=O)[nH]n3c2C)cc1. The number of carbonyl (C=O) groups excluding carboxylic acids is 1. The zero-order valence-electron chi connectivity index (χ0n) is 16.1. The number of rotatable bonds is 3. The maximum Gasteiger partial charge on any atom is 0.274 e. The Balaban J connectivity index is 1.66. The van der Waals surface area contributed by atoms with Gasteiger partial charge in [-0.15, -0.1) is 10.2 Å². The molecule has 0 bridgehead atoms. The molecule has 0 aliphatic carbocycles. The van der Waals surface area contributed by atoms with Gasteiger partial charge in [-0.1, -0.05) is 18.2 Å². The molecule has 148 valence electrons. The van der Waals surface area contributed by atoms with E-state index in [1.165, 1.54) is 4.52 Å². The number of nitrogens with zero attached hydrogens (tertiary/aromatic N) is 4. The average Bonchev–Trinajstić information content (AvgIpc) is 3.36. The summed E-state index contributed by atoms with van der Waals surface area (Å²) in [6.45, 7) is 1.77. The highest BCUT2D eigenvalue weighted by atomic mass is 16.5. The van der Waals surface area contributed by atoms with Crippen LogP contribution in [0.15, 0.2) is 63.6 Å². The van der Waals surface area contributed by atoms with Crippen molar-refractivity contribution in [2.45, 2.75) is 6.92 Å². The fraction of sp³-hybridized carbons (Fsp3) is 0.0952. The molecule has 1 aliphatic heterocycles. The van der Waals surface area contributed by atoms with Gasteiger partial charge in [-0.25, -0.2) is 9.50 Å². The molecular weight excluding hydrogens is 384 g/mol. The van der Waals surface area contributed by atoms with E-state index in [0.29, 0.717) is 39.7 Å². The number of ether oxygens (including phenoxy) is 1. The van der Waals surface area contributed by atoms with Crippen molar-refractivity contribution in [1.29, 1.82) is 0 Å². The first kappa shape index (κ1) is 17.8. The van der Waals surface area contributed by atoms with Gasteiger partial charge in [0.25, 0.3) is 11.5 Å². The summed E-state index contributed by atoms with van der Waals surface area (Å²) >= 11 is 0. The molecular formula is C21H16N6O3. The molecule has 2 aromatic carbocycles. The predicted octanol–water partition coefficient (Wildman–Crippen LogP) is 2.63. The van der Waals surface area contributed by atoms with Gasteiger partial charge in [0.15, 0.2) is 11.5 Å². The highest BCUT2D eigenvalue weighted by Gasteiger charge is 2.27. The second-order valence-electron chi connectivity index (χ2n) is 6.77. The van der Waals surface area contributed by atoms with E-state index >= 15 is 0 Å². The molecule has 2 aromatic heterocycles. The lowest BCUT2D eigenvalue weighted by Gasteiger charge is -1.97. The van der Waals surface area contributed by atoms with Crippen molar-refractivity contribution < 1.29 is 9.53 Å². The molecule has 0 spiro atoms. The molecule has 1 aliphatic rings. The maximum atomic E-state index is 12.7. The van der Waals surface area contributed by atoms with Crippen LogP contribution in [0.25, 0.3) is 11.2 Å². The molecule has 0 atom stereocenters. The van der Waals surface area contributed by atoms with Crippen LogP contribution in [0.2, 0.25) is 0 Å². The normalized spacial score (nSPS) is 15.1. The molecule has 0 fully saturated rings. The van der Waals surface area contributed by atoms with Crippen molar-refractivity contribution in [2.75, 3.05) is 12.4 Å². The van der Waals surface area contributed by atoms with Crippen LogP contribution in [0.1, 0.15) is 11.3 Å². The fourth-order valence-corrected chi connectivity index (χ4v) is 3.49. The van der Waals surface area contributed by atoms with E-state index < -0.39 is 0 Å². The highest BCUT2D eigenvalue weighted by Crippen LogP contribution is 2.29. The van der Waals surface area contributed by atoms with Crippen molar-refractivity contribution in [1.82, 2.24) is 14.6 Å². The lowest BCUT2D eigenvalue weighted by molar-refractivity contribution is -0.110. The van der Waals surface area contributed by atoms with E-state index in [1.807, 2.05) is 12.1 Å². The summed E-state index contributed by atoms with van der Waals surface area (Å²) in [4.78, 5) is 29.7. The summed E-state index contributed by atoms with van der Waals surface area (Å²) in [7, 11) is 1.59. The molecule has 5 rings (SSSR count). The Labute approximate surface area is 169 Å². The number of para-hydroxylation sites is 1. The van der Waals surface area contributed by atoms with Crippen LogP contribution in [0, 0.1) is 6.92 Å². The van der Waals surface area contributed by atoms with E-state index in [4.69, 9.17) is 4.74 Å². The van der Waals surface area contributed by atoms with Gasteiger partial charge in [-0.05, 0) is 37.3 Å². The summed E-state index contributed by atoms with van der Waals surface area (Å²) in [5.41, 5.74) is 2.82. The van der Waals surface area contributed by atoms with Crippen molar-refractivity contribution in [2.24, 2.45) is 10.2 Å². The third-order valence-corrected chi connectivity index (χ3v) is 5.00. The number of benzene rings is 2. The summed E-state index contributed by atoms with van der Waals surface area (Å²) in [5.74, 6) is 0.739. The highest BCUT2D eigenvalue weighted by molar-refractivity contribution is 6.31. The Kier molecular flexibility index (Phi) is 3.95. The molecule has 1 amide bonds. The molecule has 0 saturated carbocycles. The van der Waals surface area contributed by atoms with Gasteiger partial charge in [0.1, 0.15) is 5.75 Å². The number of H-pyrrole nitrogens is 1. The first-order chi connectivity index (χ1) is 14.6. The lowest BCUT2D eigenvalue weighted by atomic mass is 10.1. The predicted molar refractivity (Wildman–Crippen MR) is 111 cm³/mol. The standard InChI is InChI=1S/C21H16N6O3/c1-11-18(25-24-12-7-9-13(30-2)10-8-12)23-19-17(21(29)26-27(11)19)16-14-5-3-4-6-15(14)22-20(16)28/h3-10H,1-2H3,(H,22,28)(H,26,29)/b17-16+,25-24?. The summed E-state index contributed by atoms with van der Waals surface area (Å²) in [5, 5.41) is 14.2. The Hall–Kier alpha value is -4.27. The molecule has 0 radical (unpaired) electrons. The topological polar surface area (TPSA) is 113 Å². The second kappa shape index (κ2) is 6.66. The summed E-state index contributed by atoms with van der Waals surface area (Å²) in [6, 6.07) is 14.3. The fourth-order valence-electron chi connectivity index (χ4n) is 3.49. The molecule has 3 heterocycles. The van der Waals surface area contributed by atoms with Gasteiger partial charge in [0.2, 0.25) is 0 Å². The monoisotopic (exact) mass is 400 g/mol. The summed E-state index contributed by atoms with van der Waals surface area (Å²) < 4.78 is 6.66.